The second-order valence-electron chi connectivity index (χ2n) is 8.84. The molecule has 32 heavy (non-hydrogen) atoms. The molecule has 2 aliphatic rings. The number of rotatable bonds is 10. The first-order valence-electron chi connectivity index (χ1n) is 11.9. The summed E-state index contributed by atoms with van der Waals surface area (Å²) in [6, 6.07) is 13.8. The van der Waals surface area contributed by atoms with Crippen molar-refractivity contribution in [2.45, 2.75) is 32.2 Å². The molecule has 1 amide bonds. The molecule has 1 aliphatic carbocycles. The van der Waals surface area contributed by atoms with Crippen LogP contribution >= 0.6 is 11.6 Å². The topological polar surface area (TPSA) is 60.5 Å². The van der Waals surface area contributed by atoms with Gasteiger partial charge in [-0.05, 0) is 75.0 Å². The molecular weight excluding hydrogens is 422 g/mol. The Morgan fingerprint density at radius 2 is 1.94 bits per heavy atom. The highest BCUT2D eigenvalue weighted by Crippen LogP contribution is 2.27. The molecule has 172 valence electrons. The maximum absolute atomic E-state index is 12.4. The number of aromatic nitrogens is 1. The van der Waals surface area contributed by atoms with Gasteiger partial charge < -0.3 is 20.4 Å². The lowest BCUT2D eigenvalue weighted by atomic mass is 10.2. The normalized spacial score (nSPS) is 17.2. The maximum atomic E-state index is 12.4. The zero-order valence-corrected chi connectivity index (χ0v) is 19.5. The number of hydrogen-bond acceptors (Lipinski definition) is 5. The lowest BCUT2D eigenvalue weighted by Crippen LogP contribution is -2.33. The summed E-state index contributed by atoms with van der Waals surface area (Å²) < 4.78 is 0. The number of amides is 1. The van der Waals surface area contributed by atoms with Crippen molar-refractivity contribution < 1.29 is 4.79 Å². The van der Waals surface area contributed by atoms with Crippen LogP contribution in [0.1, 0.15) is 41.7 Å². The van der Waals surface area contributed by atoms with Crippen molar-refractivity contribution in [3.05, 3.63) is 58.7 Å². The fourth-order valence-electron chi connectivity index (χ4n) is 4.09. The van der Waals surface area contributed by atoms with Gasteiger partial charge in [0, 0.05) is 37.7 Å². The van der Waals surface area contributed by atoms with Gasteiger partial charge in [-0.15, -0.1) is 0 Å². The molecule has 0 spiro atoms. The number of nitrogens with zero attached hydrogens (tertiary/aromatic N) is 3. The van der Waals surface area contributed by atoms with E-state index in [1.165, 1.54) is 12.8 Å². The number of pyridine rings is 1. The van der Waals surface area contributed by atoms with Crippen LogP contribution in [-0.4, -0.2) is 61.6 Å². The Balaban J connectivity index is 1.19. The minimum Gasteiger partial charge on any atom is -0.355 e. The molecule has 1 aliphatic heterocycles. The van der Waals surface area contributed by atoms with Gasteiger partial charge in [0.1, 0.15) is 11.5 Å². The smallest absolute Gasteiger partial charge is 0.269 e. The van der Waals surface area contributed by atoms with Crippen LogP contribution < -0.4 is 15.5 Å². The fraction of sp³-hybridized carbons (Fsp3) is 0.520. The summed E-state index contributed by atoms with van der Waals surface area (Å²) in [4.78, 5) is 21.9. The van der Waals surface area contributed by atoms with Crippen molar-refractivity contribution in [2.24, 2.45) is 5.92 Å². The first kappa shape index (κ1) is 23.0. The van der Waals surface area contributed by atoms with Crippen molar-refractivity contribution in [3.63, 3.8) is 0 Å². The monoisotopic (exact) mass is 455 g/mol. The number of hydrogen-bond donors (Lipinski definition) is 2. The highest BCUT2D eigenvalue weighted by molar-refractivity contribution is 6.31. The summed E-state index contributed by atoms with van der Waals surface area (Å²) >= 11 is 6.22. The molecule has 0 radical (unpaired) electrons. The van der Waals surface area contributed by atoms with Gasteiger partial charge in [0.25, 0.3) is 5.91 Å². The van der Waals surface area contributed by atoms with Gasteiger partial charge in [-0.1, -0.05) is 35.9 Å². The van der Waals surface area contributed by atoms with Crippen molar-refractivity contribution in [2.75, 3.05) is 50.7 Å². The number of anilines is 1. The van der Waals surface area contributed by atoms with Crippen molar-refractivity contribution >= 4 is 23.3 Å². The summed E-state index contributed by atoms with van der Waals surface area (Å²) in [6.07, 6.45) is 4.68. The Labute approximate surface area is 196 Å². The minimum atomic E-state index is -0.0560. The van der Waals surface area contributed by atoms with Gasteiger partial charge in [0.2, 0.25) is 0 Å². The third-order valence-corrected chi connectivity index (χ3v) is 6.60. The second-order valence-corrected chi connectivity index (χ2v) is 9.25. The number of nitrogens with one attached hydrogen (secondary N) is 2. The molecule has 0 bridgehead atoms. The Hall–Kier alpha value is -2.15. The van der Waals surface area contributed by atoms with E-state index in [4.69, 9.17) is 11.6 Å². The third kappa shape index (κ3) is 6.92. The van der Waals surface area contributed by atoms with Gasteiger partial charge in [-0.25, -0.2) is 4.98 Å². The lowest BCUT2D eigenvalue weighted by molar-refractivity contribution is 0.0947. The van der Waals surface area contributed by atoms with Crippen molar-refractivity contribution in [1.29, 1.82) is 0 Å². The molecule has 4 rings (SSSR count). The summed E-state index contributed by atoms with van der Waals surface area (Å²) in [7, 11) is 0. The number of benzene rings is 1. The molecule has 2 heterocycles. The predicted molar refractivity (Wildman–Crippen MR) is 130 cm³/mol. The number of carbonyl (C=O) groups excluding carboxylic acids is 1. The fourth-order valence-corrected chi connectivity index (χ4v) is 4.29. The zero-order valence-electron chi connectivity index (χ0n) is 18.7. The van der Waals surface area contributed by atoms with Crippen LogP contribution in [0.4, 0.5) is 5.82 Å². The predicted octanol–water partition coefficient (Wildman–Crippen LogP) is 3.57. The van der Waals surface area contributed by atoms with Crippen molar-refractivity contribution in [3.8, 4) is 0 Å². The van der Waals surface area contributed by atoms with Crippen LogP contribution in [-0.2, 0) is 6.54 Å². The SMILES string of the molecule is O=C(NCC1CC1)c1cccc(N2CCCN(CCCNCc3ccccc3Cl)CC2)n1. The van der Waals surface area contributed by atoms with Gasteiger partial charge in [0.05, 0.1) is 0 Å². The highest BCUT2D eigenvalue weighted by atomic mass is 35.5. The average molecular weight is 456 g/mol. The molecular formula is C25H34ClN5O. The van der Waals surface area contributed by atoms with E-state index < -0.39 is 0 Å². The van der Waals surface area contributed by atoms with Gasteiger partial charge in [-0.3, -0.25) is 4.79 Å². The largest absolute Gasteiger partial charge is 0.355 e. The van der Waals surface area contributed by atoms with E-state index >= 15 is 0 Å². The van der Waals surface area contributed by atoms with Crippen LogP contribution in [0.3, 0.4) is 0 Å². The van der Waals surface area contributed by atoms with Gasteiger partial charge >= 0.3 is 0 Å². The molecule has 1 saturated carbocycles. The summed E-state index contributed by atoms with van der Waals surface area (Å²) in [6.45, 7) is 7.67. The van der Waals surface area contributed by atoms with E-state index in [0.29, 0.717) is 11.6 Å². The first-order chi connectivity index (χ1) is 15.7. The van der Waals surface area contributed by atoms with Crippen LogP contribution in [0.5, 0.6) is 0 Å². The standard InChI is InChI=1S/C25H34ClN5O/c26-22-7-2-1-6-21(22)19-27-12-4-13-30-14-5-15-31(17-16-30)24-9-3-8-23(29-24)25(32)28-18-20-10-11-20/h1-3,6-9,20,27H,4-5,10-19H2,(H,28,32). The summed E-state index contributed by atoms with van der Waals surface area (Å²) in [5.74, 6) is 1.52. The molecule has 7 heteroatoms. The average Bonchev–Trinajstić information content (AvgIpc) is 3.66. The van der Waals surface area contributed by atoms with E-state index in [2.05, 4.69) is 31.5 Å². The summed E-state index contributed by atoms with van der Waals surface area (Å²) in [5, 5.41) is 7.34. The molecule has 2 aromatic rings. The third-order valence-electron chi connectivity index (χ3n) is 6.23. The molecule has 6 nitrogen and oxygen atoms in total. The maximum Gasteiger partial charge on any atom is 0.269 e. The van der Waals surface area contributed by atoms with E-state index in [1.807, 2.05) is 36.4 Å². The number of carbonyl (C=O) groups is 1. The van der Waals surface area contributed by atoms with E-state index in [0.717, 1.165) is 81.6 Å². The first-order valence-corrected chi connectivity index (χ1v) is 12.2. The molecule has 0 unspecified atom stereocenters. The van der Waals surface area contributed by atoms with E-state index in [9.17, 15) is 4.79 Å². The van der Waals surface area contributed by atoms with Gasteiger partial charge in [0.15, 0.2) is 0 Å². The zero-order chi connectivity index (χ0) is 22.2. The second kappa shape index (κ2) is 11.6. The Morgan fingerprint density at radius 3 is 2.78 bits per heavy atom. The molecule has 1 aromatic carbocycles. The van der Waals surface area contributed by atoms with E-state index in [1.54, 1.807) is 0 Å². The summed E-state index contributed by atoms with van der Waals surface area (Å²) in [5.41, 5.74) is 1.67. The van der Waals surface area contributed by atoms with Crippen LogP contribution in [0.25, 0.3) is 0 Å². The molecule has 2 N–H and O–H groups in total. The molecule has 0 atom stereocenters. The molecule has 1 saturated heterocycles. The van der Waals surface area contributed by atoms with Crippen molar-refractivity contribution in [1.82, 2.24) is 20.5 Å². The lowest BCUT2D eigenvalue weighted by Gasteiger charge is -2.23. The van der Waals surface area contributed by atoms with E-state index in [-0.39, 0.29) is 5.91 Å². The molecule has 1 aromatic heterocycles. The van der Waals surface area contributed by atoms with Crippen LogP contribution in [0.2, 0.25) is 5.02 Å². The molecule has 2 fully saturated rings. The Kier molecular flexibility index (Phi) is 8.37. The number of halogens is 1. The van der Waals surface area contributed by atoms with Crippen LogP contribution in [0.15, 0.2) is 42.5 Å². The minimum absolute atomic E-state index is 0.0560. The Bertz CT molecular complexity index is 888. The highest BCUT2D eigenvalue weighted by Gasteiger charge is 2.22. The quantitative estimate of drug-likeness (QED) is 0.536. The Morgan fingerprint density at radius 1 is 1.06 bits per heavy atom. The van der Waals surface area contributed by atoms with Gasteiger partial charge in [-0.2, -0.15) is 0 Å². The van der Waals surface area contributed by atoms with Crippen LogP contribution in [0, 0.1) is 5.92 Å².